The number of carbonyl (C=O) groups excluding carboxylic acids is 1. The van der Waals surface area contributed by atoms with Crippen molar-refractivity contribution in [2.45, 2.75) is 18.3 Å². The summed E-state index contributed by atoms with van der Waals surface area (Å²) in [7, 11) is 0. The van der Waals surface area contributed by atoms with Gasteiger partial charge in [-0.1, -0.05) is 6.07 Å². The van der Waals surface area contributed by atoms with E-state index < -0.39 is 5.97 Å². The van der Waals surface area contributed by atoms with E-state index in [9.17, 15) is 9.59 Å². The number of hydrogen-bond acceptors (Lipinski definition) is 6. The van der Waals surface area contributed by atoms with Crippen LogP contribution < -0.4 is 14.8 Å². The van der Waals surface area contributed by atoms with Crippen LogP contribution in [-0.2, 0) is 10.2 Å². The van der Waals surface area contributed by atoms with Gasteiger partial charge < -0.3 is 24.6 Å². The number of nitrogens with zero attached hydrogens (tertiary/aromatic N) is 1. The van der Waals surface area contributed by atoms with E-state index >= 15 is 0 Å². The Morgan fingerprint density at radius 3 is 2.68 bits per heavy atom. The Morgan fingerprint density at radius 2 is 1.89 bits per heavy atom. The molecule has 1 aromatic carbocycles. The monoisotopic (exact) mass is 384 g/mol. The molecule has 1 amide bonds. The van der Waals surface area contributed by atoms with Crippen LogP contribution in [0, 0.1) is 0 Å². The van der Waals surface area contributed by atoms with E-state index in [-0.39, 0.29) is 29.4 Å². The van der Waals surface area contributed by atoms with Crippen LogP contribution in [-0.4, -0.2) is 48.5 Å². The number of ether oxygens (including phenoxy) is 3. The van der Waals surface area contributed by atoms with Gasteiger partial charge >= 0.3 is 5.97 Å². The predicted octanol–water partition coefficient (Wildman–Crippen LogP) is 1.99. The van der Waals surface area contributed by atoms with Crippen molar-refractivity contribution in [3.05, 3.63) is 53.3 Å². The first-order valence-electron chi connectivity index (χ1n) is 9.03. The Balaban J connectivity index is 1.55. The third-order valence-electron chi connectivity index (χ3n) is 5.26. The molecule has 1 saturated heterocycles. The van der Waals surface area contributed by atoms with Crippen molar-refractivity contribution in [3.63, 3.8) is 0 Å². The maximum atomic E-state index is 12.6. The maximum Gasteiger partial charge on any atom is 0.354 e. The summed E-state index contributed by atoms with van der Waals surface area (Å²) >= 11 is 0. The molecule has 3 heterocycles. The van der Waals surface area contributed by atoms with Crippen molar-refractivity contribution >= 4 is 11.9 Å². The van der Waals surface area contributed by atoms with Gasteiger partial charge in [0.25, 0.3) is 5.91 Å². The van der Waals surface area contributed by atoms with Gasteiger partial charge in [0.1, 0.15) is 5.69 Å². The number of aromatic nitrogens is 1. The largest absolute Gasteiger partial charge is 0.477 e. The molecule has 1 aromatic heterocycles. The van der Waals surface area contributed by atoms with Crippen molar-refractivity contribution in [3.8, 4) is 11.5 Å². The van der Waals surface area contributed by atoms with E-state index in [0.717, 1.165) is 18.4 Å². The lowest BCUT2D eigenvalue weighted by molar-refractivity contribution is 0.0486. The molecule has 2 N–H and O–H groups in total. The zero-order valence-corrected chi connectivity index (χ0v) is 15.1. The number of rotatable bonds is 5. The minimum atomic E-state index is -1.17. The second-order valence-electron chi connectivity index (χ2n) is 6.88. The summed E-state index contributed by atoms with van der Waals surface area (Å²) in [5.41, 5.74) is 0.864. The number of carboxylic acid groups (broad SMARTS) is 1. The SMILES string of the molecule is O=C(NCC1(c2ccc3c(c2)OCO3)CCOCC1)c1ccnc(C(=O)O)c1. The molecule has 146 valence electrons. The summed E-state index contributed by atoms with van der Waals surface area (Å²) in [5, 5.41) is 12.0. The van der Waals surface area contributed by atoms with E-state index in [1.807, 2.05) is 18.2 Å². The molecular weight excluding hydrogens is 364 g/mol. The number of carboxylic acids is 1. The number of aromatic carboxylic acids is 1. The normalized spacial score (nSPS) is 17.1. The topological polar surface area (TPSA) is 107 Å². The summed E-state index contributed by atoms with van der Waals surface area (Å²) in [4.78, 5) is 27.4. The highest BCUT2D eigenvalue weighted by Crippen LogP contribution is 2.40. The average Bonchev–Trinajstić information content (AvgIpc) is 3.20. The van der Waals surface area contributed by atoms with E-state index in [4.69, 9.17) is 19.3 Å². The van der Waals surface area contributed by atoms with E-state index in [1.165, 1.54) is 18.3 Å². The van der Waals surface area contributed by atoms with Crippen LogP contribution in [0.1, 0.15) is 39.3 Å². The van der Waals surface area contributed by atoms with Crippen molar-refractivity contribution in [1.82, 2.24) is 10.3 Å². The quantitative estimate of drug-likeness (QED) is 0.812. The molecule has 2 aromatic rings. The zero-order valence-electron chi connectivity index (χ0n) is 15.1. The molecule has 0 aliphatic carbocycles. The molecule has 0 radical (unpaired) electrons. The molecular formula is C20H20N2O6. The van der Waals surface area contributed by atoms with Gasteiger partial charge in [-0.2, -0.15) is 0 Å². The highest BCUT2D eigenvalue weighted by atomic mass is 16.7. The molecule has 0 saturated carbocycles. The molecule has 0 bridgehead atoms. The van der Waals surface area contributed by atoms with E-state index in [2.05, 4.69) is 10.3 Å². The summed E-state index contributed by atoms with van der Waals surface area (Å²) < 4.78 is 16.4. The summed E-state index contributed by atoms with van der Waals surface area (Å²) in [5.74, 6) is -0.0877. The second kappa shape index (κ2) is 7.47. The molecule has 0 atom stereocenters. The van der Waals surface area contributed by atoms with Crippen molar-refractivity contribution in [2.75, 3.05) is 26.6 Å². The van der Waals surface area contributed by atoms with E-state index in [0.29, 0.717) is 31.3 Å². The van der Waals surface area contributed by atoms with Crippen molar-refractivity contribution in [2.24, 2.45) is 0 Å². The number of hydrogen-bond donors (Lipinski definition) is 2. The third-order valence-corrected chi connectivity index (χ3v) is 5.26. The number of amides is 1. The molecule has 8 nitrogen and oxygen atoms in total. The van der Waals surface area contributed by atoms with Gasteiger partial charge in [0.05, 0.1) is 0 Å². The summed E-state index contributed by atoms with van der Waals surface area (Å²) in [6.45, 7) is 1.81. The van der Waals surface area contributed by atoms with Crippen LogP contribution >= 0.6 is 0 Å². The van der Waals surface area contributed by atoms with Gasteiger partial charge in [0, 0.05) is 36.9 Å². The standard InChI is InChI=1S/C20H20N2O6/c23-18(13-3-6-21-15(9-13)19(24)25)22-11-20(4-7-26-8-5-20)14-1-2-16-17(10-14)28-12-27-16/h1-3,6,9-10H,4-5,7-8,11-12H2,(H,22,23)(H,24,25). The fourth-order valence-electron chi connectivity index (χ4n) is 3.60. The minimum Gasteiger partial charge on any atom is -0.477 e. The first-order chi connectivity index (χ1) is 13.6. The highest BCUT2D eigenvalue weighted by Gasteiger charge is 2.36. The summed E-state index contributed by atoms with van der Waals surface area (Å²) in [6, 6.07) is 8.63. The van der Waals surface area contributed by atoms with Gasteiger partial charge in [-0.25, -0.2) is 9.78 Å². The second-order valence-corrected chi connectivity index (χ2v) is 6.88. The van der Waals surface area contributed by atoms with E-state index in [1.54, 1.807) is 0 Å². The highest BCUT2D eigenvalue weighted by molar-refractivity contribution is 5.96. The zero-order chi connectivity index (χ0) is 19.6. The lowest BCUT2D eigenvalue weighted by Crippen LogP contribution is -2.44. The Hall–Kier alpha value is -3.13. The van der Waals surface area contributed by atoms with Crippen LogP contribution in [0.15, 0.2) is 36.5 Å². The maximum absolute atomic E-state index is 12.6. The van der Waals surface area contributed by atoms with Gasteiger partial charge in [0.2, 0.25) is 6.79 Å². The van der Waals surface area contributed by atoms with Gasteiger partial charge in [0.15, 0.2) is 11.5 Å². The predicted molar refractivity (Wildman–Crippen MR) is 97.8 cm³/mol. The molecule has 0 spiro atoms. The lowest BCUT2D eigenvalue weighted by atomic mass is 9.74. The first kappa shape index (κ1) is 18.2. The Morgan fingerprint density at radius 1 is 1.11 bits per heavy atom. The fourth-order valence-corrected chi connectivity index (χ4v) is 3.60. The molecule has 28 heavy (non-hydrogen) atoms. The Bertz CT molecular complexity index is 907. The molecule has 2 aliphatic heterocycles. The van der Waals surface area contributed by atoms with Crippen LogP contribution in [0.25, 0.3) is 0 Å². The molecule has 2 aliphatic rings. The minimum absolute atomic E-state index is 0.163. The van der Waals surface area contributed by atoms with Crippen molar-refractivity contribution < 1.29 is 28.9 Å². The third kappa shape index (κ3) is 3.50. The molecule has 0 unspecified atom stereocenters. The van der Waals surface area contributed by atoms with Gasteiger partial charge in [-0.15, -0.1) is 0 Å². The number of carbonyl (C=O) groups is 2. The van der Waals surface area contributed by atoms with Crippen LogP contribution in [0.2, 0.25) is 0 Å². The molecule has 8 heteroatoms. The van der Waals surface area contributed by atoms with Crippen molar-refractivity contribution in [1.29, 1.82) is 0 Å². The molecule has 4 rings (SSSR count). The number of nitrogens with one attached hydrogen (secondary N) is 1. The van der Waals surface area contributed by atoms with Gasteiger partial charge in [-0.3, -0.25) is 4.79 Å². The summed E-state index contributed by atoms with van der Waals surface area (Å²) in [6.07, 6.45) is 2.83. The van der Waals surface area contributed by atoms with Crippen LogP contribution in [0.4, 0.5) is 0 Å². The number of fused-ring (bicyclic) bond motifs is 1. The van der Waals surface area contributed by atoms with Gasteiger partial charge in [-0.05, 0) is 42.7 Å². The number of pyridine rings is 1. The van der Waals surface area contributed by atoms with Crippen LogP contribution in [0.3, 0.4) is 0 Å². The Kier molecular flexibility index (Phi) is 4.87. The smallest absolute Gasteiger partial charge is 0.354 e. The fraction of sp³-hybridized carbons (Fsp3) is 0.350. The average molecular weight is 384 g/mol. The Labute approximate surface area is 161 Å². The number of benzene rings is 1. The lowest BCUT2D eigenvalue weighted by Gasteiger charge is -2.38. The molecule has 1 fully saturated rings. The van der Waals surface area contributed by atoms with Crippen LogP contribution in [0.5, 0.6) is 11.5 Å². The first-order valence-corrected chi connectivity index (χ1v) is 9.03.